The highest BCUT2D eigenvalue weighted by Crippen LogP contribution is 2.25. The number of nitrogens with one attached hydrogen (secondary N) is 1. The Morgan fingerprint density at radius 1 is 1.36 bits per heavy atom. The molecule has 1 saturated heterocycles. The van der Waals surface area contributed by atoms with Crippen molar-refractivity contribution in [2.75, 3.05) is 19.6 Å². The molecule has 1 unspecified atom stereocenters. The van der Waals surface area contributed by atoms with Gasteiger partial charge in [-0.1, -0.05) is 19.1 Å². The van der Waals surface area contributed by atoms with E-state index in [1.165, 1.54) is 0 Å². The monoisotopic (exact) mass is 300 g/mol. The zero-order chi connectivity index (χ0) is 15.5. The van der Waals surface area contributed by atoms with Gasteiger partial charge in [-0.2, -0.15) is 0 Å². The lowest BCUT2D eigenvalue weighted by atomic mass is 10.0. The third-order valence-corrected chi connectivity index (χ3v) is 4.70. The smallest absolute Gasteiger partial charge is 0.251 e. The summed E-state index contributed by atoms with van der Waals surface area (Å²) in [5.74, 6) is 0.145. The van der Waals surface area contributed by atoms with E-state index < -0.39 is 0 Å². The summed E-state index contributed by atoms with van der Waals surface area (Å²) in [5.41, 5.74) is 2.37. The summed E-state index contributed by atoms with van der Waals surface area (Å²) in [4.78, 5) is 26.8. The lowest BCUT2D eigenvalue weighted by Crippen LogP contribution is -2.48. The molecule has 4 nitrogen and oxygen atoms in total. The van der Waals surface area contributed by atoms with Crippen LogP contribution in [-0.4, -0.2) is 42.3 Å². The third-order valence-electron chi connectivity index (χ3n) is 4.70. The molecule has 118 valence electrons. The Morgan fingerprint density at radius 3 is 3.05 bits per heavy atom. The number of nitrogens with zero attached hydrogens (tertiary/aromatic N) is 1. The van der Waals surface area contributed by atoms with Crippen molar-refractivity contribution in [2.45, 2.75) is 45.1 Å². The number of carbonyl (C=O) groups excluding carboxylic acids is 2. The van der Waals surface area contributed by atoms with Gasteiger partial charge in [0, 0.05) is 30.1 Å². The molecule has 1 N–H and O–H groups in total. The van der Waals surface area contributed by atoms with Gasteiger partial charge in [-0.05, 0) is 50.4 Å². The molecule has 1 aliphatic heterocycles. The summed E-state index contributed by atoms with van der Waals surface area (Å²) in [5, 5.41) is 3.18. The first-order valence-corrected chi connectivity index (χ1v) is 8.37. The van der Waals surface area contributed by atoms with Gasteiger partial charge in [-0.25, -0.2) is 0 Å². The summed E-state index contributed by atoms with van der Waals surface area (Å²) in [6.07, 6.45) is 4.56. The van der Waals surface area contributed by atoms with Crippen molar-refractivity contribution >= 4 is 11.7 Å². The van der Waals surface area contributed by atoms with Gasteiger partial charge in [-0.3, -0.25) is 9.59 Å². The quantitative estimate of drug-likeness (QED) is 0.929. The maximum Gasteiger partial charge on any atom is 0.251 e. The third kappa shape index (κ3) is 3.07. The topological polar surface area (TPSA) is 49.4 Å². The molecule has 0 saturated carbocycles. The van der Waals surface area contributed by atoms with E-state index in [1.807, 2.05) is 18.2 Å². The largest absolute Gasteiger partial charge is 0.348 e. The van der Waals surface area contributed by atoms with E-state index in [4.69, 9.17) is 0 Å². The number of benzene rings is 1. The van der Waals surface area contributed by atoms with E-state index in [2.05, 4.69) is 17.1 Å². The minimum atomic E-state index is -0.0186. The van der Waals surface area contributed by atoms with Crippen LogP contribution in [-0.2, 0) is 6.42 Å². The van der Waals surface area contributed by atoms with Gasteiger partial charge in [0.25, 0.3) is 5.91 Å². The average molecular weight is 300 g/mol. The Kier molecular flexibility index (Phi) is 4.57. The Hall–Kier alpha value is -1.68. The molecule has 3 rings (SSSR count). The first kappa shape index (κ1) is 15.2. The number of fused-ring (bicyclic) bond motifs is 1. The van der Waals surface area contributed by atoms with Crippen molar-refractivity contribution in [2.24, 2.45) is 0 Å². The highest BCUT2D eigenvalue weighted by atomic mass is 16.1. The minimum absolute atomic E-state index is 0.0186. The molecule has 1 aromatic rings. The van der Waals surface area contributed by atoms with Gasteiger partial charge >= 0.3 is 0 Å². The molecule has 1 amide bonds. The summed E-state index contributed by atoms with van der Waals surface area (Å²) < 4.78 is 0. The van der Waals surface area contributed by atoms with Crippen LogP contribution in [0, 0.1) is 0 Å². The SMILES string of the molecule is CCCN1CCCC(NC(=O)c2cccc3c2CCC3=O)C1. The van der Waals surface area contributed by atoms with Crippen molar-refractivity contribution in [3.05, 3.63) is 34.9 Å². The zero-order valence-corrected chi connectivity index (χ0v) is 13.2. The molecule has 0 radical (unpaired) electrons. The van der Waals surface area contributed by atoms with Gasteiger partial charge in [0.05, 0.1) is 0 Å². The van der Waals surface area contributed by atoms with Gasteiger partial charge in [-0.15, -0.1) is 0 Å². The fourth-order valence-corrected chi connectivity index (χ4v) is 3.66. The standard InChI is InChI=1S/C18H24N2O2/c1-2-10-20-11-4-5-13(12-20)19-18(22)16-7-3-6-15-14(16)8-9-17(15)21/h3,6-7,13H,2,4-5,8-12H2,1H3,(H,19,22). The second-order valence-corrected chi connectivity index (χ2v) is 6.37. The van der Waals surface area contributed by atoms with Crippen LogP contribution < -0.4 is 5.32 Å². The van der Waals surface area contributed by atoms with Gasteiger partial charge in [0.2, 0.25) is 0 Å². The molecule has 1 aromatic carbocycles. The molecule has 2 aliphatic rings. The molecule has 1 aliphatic carbocycles. The van der Waals surface area contributed by atoms with Crippen LogP contribution in [0.4, 0.5) is 0 Å². The molecule has 1 heterocycles. The number of rotatable bonds is 4. The van der Waals surface area contributed by atoms with E-state index >= 15 is 0 Å². The fraction of sp³-hybridized carbons (Fsp3) is 0.556. The van der Waals surface area contributed by atoms with Crippen LogP contribution in [0.25, 0.3) is 0 Å². The van der Waals surface area contributed by atoms with Gasteiger partial charge in [0.1, 0.15) is 0 Å². The summed E-state index contributed by atoms with van der Waals surface area (Å²) in [7, 11) is 0. The lowest BCUT2D eigenvalue weighted by Gasteiger charge is -2.33. The van der Waals surface area contributed by atoms with Crippen molar-refractivity contribution in [1.82, 2.24) is 10.2 Å². The molecule has 0 bridgehead atoms. The molecule has 4 heteroatoms. The van der Waals surface area contributed by atoms with Crippen molar-refractivity contribution in [3.63, 3.8) is 0 Å². The lowest BCUT2D eigenvalue weighted by molar-refractivity contribution is 0.0902. The Morgan fingerprint density at radius 2 is 2.23 bits per heavy atom. The average Bonchev–Trinajstić information content (AvgIpc) is 2.89. The number of piperidine rings is 1. The first-order chi connectivity index (χ1) is 10.7. The van der Waals surface area contributed by atoms with Crippen molar-refractivity contribution in [1.29, 1.82) is 0 Å². The van der Waals surface area contributed by atoms with Gasteiger partial charge in [0.15, 0.2) is 5.78 Å². The maximum atomic E-state index is 12.6. The highest BCUT2D eigenvalue weighted by molar-refractivity contribution is 6.05. The number of likely N-dealkylation sites (tertiary alicyclic amines) is 1. The van der Waals surface area contributed by atoms with Crippen LogP contribution in [0.3, 0.4) is 0 Å². The minimum Gasteiger partial charge on any atom is -0.348 e. The number of Topliss-reactive ketones (excluding diaryl/α,β-unsaturated/α-hetero) is 1. The predicted octanol–water partition coefficient (Wildman–Crippen LogP) is 2.42. The van der Waals surface area contributed by atoms with Gasteiger partial charge < -0.3 is 10.2 Å². The highest BCUT2D eigenvalue weighted by Gasteiger charge is 2.26. The molecule has 0 aromatic heterocycles. The van der Waals surface area contributed by atoms with E-state index in [1.54, 1.807) is 0 Å². The summed E-state index contributed by atoms with van der Waals surface area (Å²) >= 11 is 0. The van der Waals surface area contributed by atoms with Crippen LogP contribution in [0.2, 0.25) is 0 Å². The Bertz CT molecular complexity index is 580. The molecular formula is C18H24N2O2. The fourth-order valence-electron chi connectivity index (χ4n) is 3.66. The summed E-state index contributed by atoms with van der Waals surface area (Å²) in [6.45, 7) is 5.36. The second kappa shape index (κ2) is 6.61. The second-order valence-electron chi connectivity index (χ2n) is 6.37. The predicted molar refractivity (Wildman–Crippen MR) is 86.3 cm³/mol. The number of hydrogen-bond donors (Lipinski definition) is 1. The number of carbonyl (C=O) groups is 2. The molecule has 22 heavy (non-hydrogen) atoms. The van der Waals surface area contributed by atoms with E-state index in [0.29, 0.717) is 18.4 Å². The first-order valence-electron chi connectivity index (χ1n) is 8.37. The normalized spacial score (nSPS) is 21.7. The van der Waals surface area contributed by atoms with Crippen LogP contribution in [0.1, 0.15) is 58.9 Å². The number of amides is 1. The van der Waals surface area contributed by atoms with Crippen LogP contribution in [0.5, 0.6) is 0 Å². The zero-order valence-electron chi connectivity index (χ0n) is 13.2. The van der Waals surface area contributed by atoms with Crippen molar-refractivity contribution in [3.8, 4) is 0 Å². The Balaban J connectivity index is 1.69. The van der Waals surface area contributed by atoms with E-state index in [9.17, 15) is 9.59 Å². The van der Waals surface area contributed by atoms with Crippen LogP contribution in [0.15, 0.2) is 18.2 Å². The maximum absolute atomic E-state index is 12.6. The Labute approximate surface area is 131 Å². The van der Waals surface area contributed by atoms with Crippen LogP contribution >= 0.6 is 0 Å². The molecular weight excluding hydrogens is 276 g/mol. The molecule has 1 fully saturated rings. The number of hydrogen-bond acceptors (Lipinski definition) is 3. The summed E-state index contributed by atoms with van der Waals surface area (Å²) in [6, 6.07) is 5.73. The van der Waals surface area contributed by atoms with Crippen molar-refractivity contribution < 1.29 is 9.59 Å². The molecule has 0 spiro atoms. The van der Waals surface area contributed by atoms with E-state index in [-0.39, 0.29) is 17.7 Å². The van der Waals surface area contributed by atoms with E-state index in [0.717, 1.165) is 50.0 Å². The molecule has 1 atom stereocenters. The number of ketones is 1.